The lowest BCUT2D eigenvalue weighted by molar-refractivity contribution is 0.0258. The molecular formula is C10H12N4O. The van der Waals surface area contributed by atoms with Gasteiger partial charge in [0, 0.05) is 19.3 Å². The van der Waals surface area contributed by atoms with Crippen LogP contribution in [0.3, 0.4) is 0 Å². The molecule has 1 aromatic heterocycles. The topological polar surface area (TPSA) is 62.0 Å². The summed E-state index contributed by atoms with van der Waals surface area (Å²) in [5.74, 6) is 0. The lowest BCUT2D eigenvalue weighted by Gasteiger charge is -2.29. The average molecular weight is 204 g/mol. The standard InChI is InChI=1S/C10H12N4O/c11-8-10(9-2-1-3-12-13-9)14-4-6-15-7-5-14/h1-3,10H,4-7H2. The van der Waals surface area contributed by atoms with Gasteiger partial charge in [-0.3, -0.25) is 4.90 Å². The van der Waals surface area contributed by atoms with E-state index in [1.807, 2.05) is 6.07 Å². The van der Waals surface area contributed by atoms with Gasteiger partial charge in [-0.25, -0.2) is 0 Å². The summed E-state index contributed by atoms with van der Waals surface area (Å²) in [6, 6.07) is 5.58. The van der Waals surface area contributed by atoms with Gasteiger partial charge in [0.15, 0.2) is 0 Å². The van der Waals surface area contributed by atoms with Crippen LogP contribution in [0.25, 0.3) is 0 Å². The maximum atomic E-state index is 9.13. The van der Waals surface area contributed by atoms with Crippen LogP contribution in [0.5, 0.6) is 0 Å². The zero-order valence-electron chi connectivity index (χ0n) is 8.33. The van der Waals surface area contributed by atoms with Crippen LogP contribution in [0.15, 0.2) is 18.3 Å². The van der Waals surface area contributed by atoms with E-state index in [-0.39, 0.29) is 6.04 Å². The molecule has 0 aromatic carbocycles. The van der Waals surface area contributed by atoms with Gasteiger partial charge in [-0.15, -0.1) is 0 Å². The van der Waals surface area contributed by atoms with Crippen molar-refractivity contribution in [3.8, 4) is 6.07 Å². The third kappa shape index (κ3) is 2.29. The average Bonchev–Trinajstić information content (AvgIpc) is 2.33. The first-order chi connectivity index (χ1) is 7.42. The molecule has 1 unspecified atom stereocenters. The number of rotatable bonds is 2. The molecule has 0 bridgehead atoms. The number of morpholine rings is 1. The van der Waals surface area contributed by atoms with Crippen molar-refractivity contribution in [3.63, 3.8) is 0 Å². The highest BCUT2D eigenvalue weighted by Crippen LogP contribution is 2.17. The van der Waals surface area contributed by atoms with E-state index < -0.39 is 0 Å². The molecule has 0 amide bonds. The van der Waals surface area contributed by atoms with Crippen LogP contribution in [-0.2, 0) is 4.74 Å². The second-order valence-electron chi connectivity index (χ2n) is 3.33. The lowest BCUT2D eigenvalue weighted by Crippen LogP contribution is -2.38. The molecule has 0 spiro atoms. The Hall–Kier alpha value is -1.51. The minimum absolute atomic E-state index is 0.303. The minimum atomic E-state index is -0.303. The van der Waals surface area contributed by atoms with Crippen molar-refractivity contribution < 1.29 is 4.74 Å². The predicted molar refractivity (Wildman–Crippen MR) is 52.8 cm³/mol. The summed E-state index contributed by atoms with van der Waals surface area (Å²) in [6.45, 7) is 2.90. The maximum Gasteiger partial charge on any atom is 0.142 e. The van der Waals surface area contributed by atoms with Crippen molar-refractivity contribution in [2.75, 3.05) is 26.3 Å². The lowest BCUT2D eigenvalue weighted by atomic mass is 10.2. The Balaban J connectivity index is 2.14. The predicted octanol–water partition coefficient (Wildman–Crippen LogP) is 0.373. The van der Waals surface area contributed by atoms with Crippen LogP contribution in [-0.4, -0.2) is 41.4 Å². The third-order valence-electron chi connectivity index (χ3n) is 2.41. The van der Waals surface area contributed by atoms with Crippen LogP contribution in [0, 0.1) is 11.3 Å². The number of nitriles is 1. The smallest absolute Gasteiger partial charge is 0.142 e. The van der Waals surface area contributed by atoms with E-state index in [9.17, 15) is 0 Å². The SMILES string of the molecule is N#CC(c1cccnn1)N1CCOCC1. The van der Waals surface area contributed by atoms with E-state index in [2.05, 4.69) is 21.2 Å². The molecule has 5 heteroatoms. The van der Waals surface area contributed by atoms with Gasteiger partial charge in [-0.05, 0) is 12.1 Å². The minimum Gasteiger partial charge on any atom is -0.379 e. The Labute approximate surface area is 88.3 Å². The van der Waals surface area contributed by atoms with E-state index in [0.717, 1.165) is 13.1 Å². The zero-order chi connectivity index (χ0) is 10.5. The van der Waals surface area contributed by atoms with E-state index in [4.69, 9.17) is 10.00 Å². The van der Waals surface area contributed by atoms with Crippen LogP contribution < -0.4 is 0 Å². The first-order valence-electron chi connectivity index (χ1n) is 4.91. The van der Waals surface area contributed by atoms with Gasteiger partial charge in [0.1, 0.15) is 6.04 Å². The molecule has 1 atom stereocenters. The fourth-order valence-electron chi connectivity index (χ4n) is 1.63. The Kier molecular flexibility index (Phi) is 3.22. The second kappa shape index (κ2) is 4.82. The normalized spacial score (nSPS) is 19.4. The van der Waals surface area contributed by atoms with Crippen LogP contribution in [0.2, 0.25) is 0 Å². The van der Waals surface area contributed by atoms with Crippen molar-refractivity contribution in [2.24, 2.45) is 0 Å². The Morgan fingerprint density at radius 3 is 2.87 bits per heavy atom. The monoisotopic (exact) mass is 204 g/mol. The molecule has 0 aliphatic carbocycles. The maximum absolute atomic E-state index is 9.13. The summed E-state index contributed by atoms with van der Waals surface area (Å²) >= 11 is 0. The molecular weight excluding hydrogens is 192 g/mol. The van der Waals surface area contributed by atoms with Crippen LogP contribution >= 0.6 is 0 Å². The van der Waals surface area contributed by atoms with Crippen molar-refractivity contribution in [1.29, 1.82) is 5.26 Å². The highest BCUT2D eigenvalue weighted by Gasteiger charge is 2.23. The number of nitrogens with zero attached hydrogens (tertiary/aromatic N) is 4. The van der Waals surface area contributed by atoms with Crippen molar-refractivity contribution in [2.45, 2.75) is 6.04 Å². The largest absolute Gasteiger partial charge is 0.379 e. The molecule has 78 valence electrons. The van der Waals surface area contributed by atoms with Gasteiger partial charge in [0.25, 0.3) is 0 Å². The molecule has 5 nitrogen and oxygen atoms in total. The van der Waals surface area contributed by atoms with E-state index in [1.165, 1.54) is 0 Å². The van der Waals surface area contributed by atoms with Gasteiger partial charge in [0.2, 0.25) is 0 Å². The first kappa shape index (κ1) is 10.0. The molecule has 1 aromatic rings. The first-order valence-corrected chi connectivity index (χ1v) is 4.91. The molecule has 0 N–H and O–H groups in total. The van der Waals surface area contributed by atoms with Crippen molar-refractivity contribution >= 4 is 0 Å². The molecule has 0 radical (unpaired) electrons. The highest BCUT2D eigenvalue weighted by atomic mass is 16.5. The van der Waals surface area contributed by atoms with Gasteiger partial charge >= 0.3 is 0 Å². The molecule has 1 fully saturated rings. The summed E-state index contributed by atoms with van der Waals surface area (Å²) in [4.78, 5) is 2.06. The fourth-order valence-corrected chi connectivity index (χ4v) is 1.63. The number of ether oxygens (including phenoxy) is 1. The molecule has 2 heterocycles. The molecule has 0 saturated carbocycles. The van der Waals surface area contributed by atoms with Crippen LogP contribution in [0.1, 0.15) is 11.7 Å². The molecule has 1 aliphatic rings. The second-order valence-corrected chi connectivity index (χ2v) is 3.33. The summed E-state index contributed by atoms with van der Waals surface area (Å²) in [6.07, 6.45) is 1.61. The summed E-state index contributed by atoms with van der Waals surface area (Å²) in [5, 5.41) is 16.9. The molecule has 1 saturated heterocycles. The highest BCUT2D eigenvalue weighted by molar-refractivity contribution is 5.14. The Bertz CT molecular complexity index is 342. The summed E-state index contributed by atoms with van der Waals surface area (Å²) in [5.41, 5.74) is 0.710. The number of hydrogen-bond acceptors (Lipinski definition) is 5. The Morgan fingerprint density at radius 1 is 1.47 bits per heavy atom. The molecule has 1 aliphatic heterocycles. The summed E-state index contributed by atoms with van der Waals surface area (Å²) in [7, 11) is 0. The van der Waals surface area contributed by atoms with Crippen molar-refractivity contribution in [3.05, 3.63) is 24.0 Å². The number of hydrogen-bond donors (Lipinski definition) is 0. The van der Waals surface area contributed by atoms with E-state index >= 15 is 0 Å². The third-order valence-corrected chi connectivity index (χ3v) is 2.41. The van der Waals surface area contributed by atoms with Gasteiger partial charge in [-0.1, -0.05) is 0 Å². The van der Waals surface area contributed by atoms with Gasteiger partial charge in [0.05, 0.1) is 25.0 Å². The zero-order valence-corrected chi connectivity index (χ0v) is 8.33. The van der Waals surface area contributed by atoms with Crippen LogP contribution in [0.4, 0.5) is 0 Å². The van der Waals surface area contributed by atoms with Crippen molar-refractivity contribution in [1.82, 2.24) is 15.1 Å². The molecule has 15 heavy (non-hydrogen) atoms. The fraction of sp³-hybridized carbons (Fsp3) is 0.500. The van der Waals surface area contributed by atoms with E-state index in [0.29, 0.717) is 18.9 Å². The Morgan fingerprint density at radius 2 is 2.27 bits per heavy atom. The van der Waals surface area contributed by atoms with Gasteiger partial charge < -0.3 is 4.74 Å². The summed E-state index contributed by atoms with van der Waals surface area (Å²) < 4.78 is 5.24. The quantitative estimate of drug-likeness (QED) is 0.696. The van der Waals surface area contributed by atoms with E-state index in [1.54, 1.807) is 12.3 Å². The number of aromatic nitrogens is 2. The van der Waals surface area contributed by atoms with Gasteiger partial charge in [-0.2, -0.15) is 15.5 Å². The molecule has 2 rings (SSSR count).